The lowest BCUT2D eigenvalue weighted by Gasteiger charge is -2.06. The number of carbonyl (C=O) groups excluding carboxylic acids is 1. The summed E-state index contributed by atoms with van der Waals surface area (Å²) in [5, 5.41) is 2.25. The summed E-state index contributed by atoms with van der Waals surface area (Å²) < 4.78 is 0. The summed E-state index contributed by atoms with van der Waals surface area (Å²) in [6.45, 7) is 0. The molecule has 2 nitrogen and oxygen atoms in total. The van der Waals surface area contributed by atoms with Crippen molar-refractivity contribution in [3.8, 4) is 10.4 Å². The van der Waals surface area contributed by atoms with Gasteiger partial charge in [-0.15, -0.1) is 11.3 Å². The molecule has 100 valence electrons. The van der Waals surface area contributed by atoms with E-state index in [0.29, 0.717) is 0 Å². The molecule has 21 heavy (non-hydrogen) atoms. The van der Waals surface area contributed by atoms with Gasteiger partial charge in [0.2, 0.25) is 0 Å². The number of nitrogens with zero attached hydrogens (tertiary/aromatic N) is 1. The van der Waals surface area contributed by atoms with Crippen molar-refractivity contribution in [1.29, 1.82) is 0 Å². The van der Waals surface area contributed by atoms with E-state index >= 15 is 0 Å². The predicted molar refractivity (Wildman–Crippen MR) is 87.9 cm³/mol. The van der Waals surface area contributed by atoms with Crippen LogP contribution in [0.3, 0.4) is 0 Å². The van der Waals surface area contributed by atoms with Gasteiger partial charge in [0.15, 0.2) is 6.29 Å². The molecule has 3 heteroatoms. The molecule has 0 bridgehead atoms. The second-order valence-electron chi connectivity index (χ2n) is 4.87. The number of thiophene rings is 1. The highest BCUT2D eigenvalue weighted by atomic mass is 32.1. The smallest absolute Gasteiger partial charge is 0.160 e. The van der Waals surface area contributed by atoms with E-state index in [1.165, 1.54) is 11.3 Å². The SMILES string of the molecule is O=Cc1ccc(-c2cccc3nc4ccccc4cc23)s1. The maximum atomic E-state index is 10.9. The van der Waals surface area contributed by atoms with Crippen LogP contribution in [0.4, 0.5) is 0 Å². The molecule has 4 aromatic rings. The second-order valence-corrected chi connectivity index (χ2v) is 5.99. The Morgan fingerprint density at radius 1 is 0.905 bits per heavy atom. The third-order valence-corrected chi connectivity index (χ3v) is 4.61. The molecule has 4 rings (SSSR count). The number of benzene rings is 2. The fourth-order valence-electron chi connectivity index (χ4n) is 2.57. The van der Waals surface area contributed by atoms with E-state index in [4.69, 9.17) is 4.98 Å². The molecule has 0 N–H and O–H groups in total. The molecule has 0 amide bonds. The van der Waals surface area contributed by atoms with Crippen molar-refractivity contribution in [3.05, 3.63) is 65.5 Å². The highest BCUT2D eigenvalue weighted by Gasteiger charge is 2.08. The van der Waals surface area contributed by atoms with Crippen LogP contribution in [0.15, 0.2) is 60.7 Å². The molecule has 0 spiro atoms. The highest BCUT2D eigenvalue weighted by Crippen LogP contribution is 2.34. The second kappa shape index (κ2) is 4.79. The predicted octanol–water partition coefficient (Wildman–Crippen LogP) is 4.93. The first-order chi connectivity index (χ1) is 10.3. The molecule has 0 fully saturated rings. The van der Waals surface area contributed by atoms with Crippen molar-refractivity contribution < 1.29 is 4.79 Å². The third-order valence-electron chi connectivity index (χ3n) is 3.57. The molecule has 2 heterocycles. The highest BCUT2D eigenvalue weighted by molar-refractivity contribution is 7.17. The molecule has 0 aliphatic carbocycles. The van der Waals surface area contributed by atoms with Crippen molar-refractivity contribution in [1.82, 2.24) is 4.98 Å². The maximum Gasteiger partial charge on any atom is 0.160 e. The van der Waals surface area contributed by atoms with Crippen molar-refractivity contribution in [3.63, 3.8) is 0 Å². The largest absolute Gasteiger partial charge is 0.297 e. The van der Waals surface area contributed by atoms with Crippen LogP contribution >= 0.6 is 11.3 Å². The topological polar surface area (TPSA) is 30.0 Å². The fourth-order valence-corrected chi connectivity index (χ4v) is 3.44. The Morgan fingerprint density at radius 2 is 1.76 bits per heavy atom. The van der Waals surface area contributed by atoms with Crippen LogP contribution in [-0.2, 0) is 0 Å². The molecule has 2 aromatic heterocycles. The quantitative estimate of drug-likeness (QED) is 0.387. The Balaban J connectivity index is 2.04. The molecule has 0 saturated carbocycles. The van der Waals surface area contributed by atoms with Crippen molar-refractivity contribution in [2.45, 2.75) is 0 Å². The summed E-state index contributed by atoms with van der Waals surface area (Å²) in [5.41, 5.74) is 3.11. The standard InChI is InChI=1S/C18H11NOS/c20-11-13-8-9-18(21-13)14-5-3-7-17-15(14)10-12-4-1-2-6-16(12)19-17/h1-11H. The molecule has 0 aliphatic heterocycles. The van der Waals surface area contributed by atoms with Crippen molar-refractivity contribution >= 4 is 39.4 Å². The molecule has 0 saturated heterocycles. The Bertz CT molecular complexity index is 971. The molecular formula is C18H11NOS. The van der Waals surface area contributed by atoms with Crippen LogP contribution < -0.4 is 0 Å². The minimum atomic E-state index is 0.746. The van der Waals surface area contributed by atoms with Gasteiger partial charge in [-0.2, -0.15) is 0 Å². The van der Waals surface area contributed by atoms with Crippen molar-refractivity contribution in [2.75, 3.05) is 0 Å². The van der Waals surface area contributed by atoms with Crippen LogP contribution in [0.25, 0.3) is 32.2 Å². The van der Waals surface area contributed by atoms with Gasteiger partial charge in [0.05, 0.1) is 15.9 Å². The first-order valence-electron chi connectivity index (χ1n) is 6.69. The van der Waals surface area contributed by atoms with E-state index in [1.807, 2.05) is 42.5 Å². The maximum absolute atomic E-state index is 10.9. The summed E-state index contributed by atoms with van der Waals surface area (Å²) in [5.74, 6) is 0. The number of para-hydroxylation sites is 1. The number of hydrogen-bond donors (Lipinski definition) is 0. The van der Waals surface area contributed by atoms with Gasteiger partial charge in [0.1, 0.15) is 0 Å². The van der Waals surface area contributed by atoms with Gasteiger partial charge < -0.3 is 0 Å². The van der Waals surface area contributed by atoms with Crippen molar-refractivity contribution in [2.24, 2.45) is 0 Å². The Hall–Kier alpha value is -2.52. The number of hydrogen-bond acceptors (Lipinski definition) is 3. The molecule has 0 atom stereocenters. The van der Waals surface area contributed by atoms with Crippen LogP contribution in [0, 0.1) is 0 Å². The zero-order chi connectivity index (χ0) is 14.2. The van der Waals surface area contributed by atoms with Gasteiger partial charge >= 0.3 is 0 Å². The van der Waals surface area contributed by atoms with Gasteiger partial charge in [-0.25, -0.2) is 4.98 Å². The van der Waals surface area contributed by atoms with Crippen LogP contribution in [0.5, 0.6) is 0 Å². The summed E-state index contributed by atoms with van der Waals surface area (Å²) in [7, 11) is 0. The van der Waals surface area contributed by atoms with Crippen LogP contribution in [0.2, 0.25) is 0 Å². The number of aldehydes is 1. The zero-order valence-electron chi connectivity index (χ0n) is 11.1. The van der Waals surface area contributed by atoms with E-state index in [2.05, 4.69) is 18.2 Å². The average molecular weight is 289 g/mol. The molecule has 2 aromatic carbocycles. The fraction of sp³-hybridized carbons (Fsp3) is 0. The summed E-state index contributed by atoms with van der Waals surface area (Å²) in [6, 6.07) is 20.3. The number of rotatable bonds is 2. The van der Waals surface area contributed by atoms with Crippen LogP contribution in [-0.4, -0.2) is 11.3 Å². The summed E-state index contributed by atoms with van der Waals surface area (Å²) in [4.78, 5) is 17.5. The minimum absolute atomic E-state index is 0.746. The Labute approximate surface area is 125 Å². The monoisotopic (exact) mass is 289 g/mol. The summed E-state index contributed by atoms with van der Waals surface area (Å²) in [6.07, 6.45) is 0.896. The van der Waals surface area contributed by atoms with E-state index in [1.54, 1.807) is 0 Å². The van der Waals surface area contributed by atoms with E-state index < -0.39 is 0 Å². The average Bonchev–Trinajstić information content (AvgIpc) is 3.01. The number of fused-ring (bicyclic) bond motifs is 2. The normalized spacial score (nSPS) is 11.0. The first-order valence-corrected chi connectivity index (χ1v) is 7.51. The Morgan fingerprint density at radius 3 is 2.62 bits per heavy atom. The lowest BCUT2D eigenvalue weighted by Crippen LogP contribution is -1.84. The minimum Gasteiger partial charge on any atom is -0.297 e. The molecule has 0 aliphatic rings. The van der Waals surface area contributed by atoms with Gasteiger partial charge in [-0.3, -0.25) is 4.79 Å². The summed E-state index contributed by atoms with van der Waals surface area (Å²) >= 11 is 1.51. The van der Waals surface area contributed by atoms with E-state index in [-0.39, 0.29) is 0 Å². The third kappa shape index (κ3) is 2.03. The van der Waals surface area contributed by atoms with Gasteiger partial charge in [0, 0.05) is 21.2 Å². The Kier molecular flexibility index (Phi) is 2.79. The molecule has 0 radical (unpaired) electrons. The number of pyridine rings is 1. The lowest BCUT2D eigenvalue weighted by atomic mass is 10.0. The number of carbonyl (C=O) groups is 1. The van der Waals surface area contributed by atoms with E-state index in [0.717, 1.165) is 43.4 Å². The van der Waals surface area contributed by atoms with Gasteiger partial charge in [-0.1, -0.05) is 30.3 Å². The number of aromatic nitrogens is 1. The lowest BCUT2D eigenvalue weighted by molar-refractivity contribution is 0.112. The van der Waals surface area contributed by atoms with E-state index in [9.17, 15) is 4.79 Å². The molecule has 0 unspecified atom stereocenters. The van der Waals surface area contributed by atoms with Gasteiger partial charge in [0.25, 0.3) is 0 Å². The van der Waals surface area contributed by atoms with Crippen LogP contribution in [0.1, 0.15) is 9.67 Å². The van der Waals surface area contributed by atoms with Gasteiger partial charge in [-0.05, 0) is 30.3 Å². The first kappa shape index (κ1) is 12.2. The molecular weight excluding hydrogens is 278 g/mol. The zero-order valence-corrected chi connectivity index (χ0v) is 11.9.